The first-order valence-electron chi connectivity index (χ1n) is 8.80. The van der Waals surface area contributed by atoms with Crippen LogP contribution in [0.2, 0.25) is 0 Å². The van der Waals surface area contributed by atoms with Crippen molar-refractivity contribution >= 4 is 17.9 Å². The molecule has 4 rings (SSSR count). The summed E-state index contributed by atoms with van der Waals surface area (Å²) in [4.78, 5) is 36.4. The first-order chi connectivity index (χ1) is 10.5. The number of ketones is 2. The Morgan fingerprint density at radius 3 is 2.68 bits per heavy atom. The van der Waals surface area contributed by atoms with Crippen LogP contribution in [0, 0.1) is 28.6 Å². The highest BCUT2D eigenvalue weighted by atomic mass is 16.2. The highest BCUT2D eigenvalue weighted by Gasteiger charge is 2.60. The molecule has 3 saturated carbocycles. The molecule has 0 heterocycles. The number of aldehydes is 1. The molecule has 3 heteroatoms. The van der Waals surface area contributed by atoms with Gasteiger partial charge < -0.3 is 4.79 Å². The number of allylic oxidation sites excluding steroid dienone is 2. The lowest BCUT2D eigenvalue weighted by molar-refractivity contribution is -0.141. The molecule has 118 valence electrons. The van der Waals surface area contributed by atoms with Crippen molar-refractivity contribution in [2.45, 2.75) is 58.3 Å². The summed E-state index contributed by atoms with van der Waals surface area (Å²) in [7, 11) is 0. The number of Topliss-reactive ketones (excluding diaryl/α,β-unsaturated/α-hetero) is 1. The fraction of sp³-hybridized carbons (Fsp3) is 0.737. The standard InChI is InChI=1S/C19H24O3/c1-18-9-7-14-13(15(18)10-16(21)17(18)22)6-5-12-4-2-3-8-19(12,14)11-20/h10-14H,2-9H2,1H3/t12?,13-,14+,18+,19-/m1/s1. The molecule has 0 N–H and O–H groups in total. The summed E-state index contributed by atoms with van der Waals surface area (Å²) in [6, 6.07) is 0. The van der Waals surface area contributed by atoms with Gasteiger partial charge in [-0.15, -0.1) is 0 Å². The van der Waals surface area contributed by atoms with Crippen LogP contribution in [-0.2, 0) is 14.4 Å². The molecule has 3 nitrogen and oxygen atoms in total. The monoisotopic (exact) mass is 300 g/mol. The third-order valence-corrected chi connectivity index (χ3v) is 7.40. The minimum atomic E-state index is -0.566. The minimum Gasteiger partial charge on any atom is -0.303 e. The Labute approximate surface area is 131 Å². The van der Waals surface area contributed by atoms with Crippen molar-refractivity contribution in [2.24, 2.45) is 28.6 Å². The average Bonchev–Trinajstić information content (AvgIpc) is 2.78. The molecule has 5 atom stereocenters. The van der Waals surface area contributed by atoms with Crippen molar-refractivity contribution in [3.8, 4) is 0 Å². The van der Waals surface area contributed by atoms with Crippen molar-refractivity contribution in [1.82, 2.24) is 0 Å². The van der Waals surface area contributed by atoms with E-state index in [9.17, 15) is 14.4 Å². The fourth-order valence-electron chi connectivity index (χ4n) is 6.22. The predicted molar refractivity (Wildman–Crippen MR) is 82.1 cm³/mol. The number of hydrogen-bond donors (Lipinski definition) is 0. The Morgan fingerprint density at radius 1 is 1.09 bits per heavy atom. The van der Waals surface area contributed by atoms with Crippen molar-refractivity contribution in [1.29, 1.82) is 0 Å². The van der Waals surface area contributed by atoms with Gasteiger partial charge in [-0.05, 0) is 74.9 Å². The highest BCUT2D eigenvalue weighted by Crippen LogP contribution is 2.63. The lowest BCUT2D eigenvalue weighted by Crippen LogP contribution is -2.52. The normalized spacial score (nSPS) is 47.3. The van der Waals surface area contributed by atoms with E-state index in [1.54, 1.807) is 6.08 Å². The van der Waals surface area contributed by atoms with E-state index in [2.05, 4.69) is 0 Å². The van der Waals surface area contributed by atoms with Gasteiger partial charge in [0.2, 0.25) is 11.6 Å². The van der Waals surface area contributed by atoms with Gasteiger partial charge in [-0.1, -0.05) is 12.8 Å². The van der Waals surface area contributed by atoms with E-state index in [1.165, 1.54) is 19.1 Å². The lowest BCUT2D eigenvalue weighted by Gasteiger charge is -2.56. The van der Waals surface area contributed by atoms with Gasteiger partial charge in [0.1, 0.15) is 6.29 Å². The Balaban J connectivity index is 1.76. The molecule has 0 radical (unpaired) electrons. The summed E-state index contributed by atoms with van der Waals surface area (Å²) in [6.45, 7) is 1.95. The summed E-state index contributed by atoms with van der Waals surface area (Å²) in [5.74, 6) is 0.615. The van der Waals surface area contributed by atoms with Crippen LogP contribution in [0.25, 0.3) is 0 Å². The zero-order valence-corrected chi connectivity index (χ0v) is 13.3. The molecule has 0 amide bonds. The maximum absolute atomic E-state index is 12.3. The Morgan fingerprint density at radius 2 is 1.91 bits per heavy atom. The molecular formula is C19H24O3. The van der Waals surface area contributed by atoms with Gasteiger partial charge in [-0.3, -0.25) is 9.59 Å². The van der Waals surface area contributed by atoms with Crippen LogP contribution >= 0.6 is 0 Å². The largest absolute Gasteiger partial charge is 0.303 e. The zero-order chi connectivity index (χ0) is 15.5. The first kappa shape index (κ1) is 14.3. The lowest BCUT2D eigenvalue weighted by atomic mass is 9.46. The zero-order valence-electron chi connectivity index (χ0n) is 13.3. The van der Waals surface area contributed by atoms with Crippen molar-refractivity contribution in [2.75, 3.05) is 0 Å². The summed E-state index contributed by atoms with van der Waals surface area (Å²) >= 11 is 0. The molecule has 1 unspecified atom stereocenters. The van der Waals surface area contributed by atoms with Crippen LogP contribution in [0.15, 0.2) is 11.6 Å². The van der Waals surface area contributed by atoms with E-state index in [1.807, 2.05) is 6.92 Å². The van der Waals surface area contributed by atoms with Crippen LogP contribution in [0.5, 0.6) is 0 Å². The smallest absolute Gasteiger partial charge is 0.222 e. The van der Waals surface area contributed by atoms with E-state index in [0.29, 0.717) is 11.8 Å². The predicted octanol–water partition coefficient (Wildman–Crippen LogP) is 3.27. The van der Waals surface area contributed by atoms with E-state index >= 15 is 0 Å². The van der Waals surface area contributed by atoms with Crippen molar-refractivity contribution in [3.63, 3.8) is 0 Å². The maximum atomic E-state index is 12.3. The Kier molecular flexibility index (Phi) is 3.02. The molecular weight excluding hydrogens is 276 g/mol. The molecule has 0 spiro atoms. The summed E-state index contributed by atoms with van der Waals surface area (Å²) < 4.78 is 0. The van der Waals surface area contributed by atoms with E-state index in [0.717, 1.165) is 44.1 Å². The molecule has 4 aliphatic rings. The van der Waals surface area contributed by atoms with Gasteiger partial charge >= 0.3 is 0 Å². The summed E-state index contributed by atoms with van der Waals surface area (Å²) in [6.07, 6.45) is 11.3. The van der Waals surface area contributed by atoms with Gasteiger partial charge in [0.25, 0.3) is 0 Å². The third kappa shape index (κ3) is 1.60. The second kappa shape index (κ2) is 4.62. The number of carbonyl (C=O) groups excluding carboxylic acids is 3. The number of rotatable bonds is 1. The Bertz CT molecular complexity index is 589. The summed E-state index contributed by atoms with van der Waals surface area (Å²) in [5, 5.41) is 0. The SMILES string of the molecule is C[C@]12CC[C@H]3[C@@H](CCC4CCCC[C@@]43C=O)C1=CC(=O)C2=O. The second-order valence-corrected chi connectivity index (χ2v) is 8.13. The van der Waals surface area contributed by atoms with Crippen molar-refractivity contribution < 1.29 is 14.4 Å². The van der Waals surface area contributed by atoms with Gasteiger partial charge in [0.05, 0.1) is 5.41 Å². The first-order valence-corrected chi connectivity index (χ1v) is 8.80. The topological polar surface area (TPSA) is 51.2 Å². The van der Waals surface area contributed by atoms with Gasteiger partial charge in [0, 0.05) is 5.41 Å². The van der Waals surface area contributed by atoms with Crippen LogP contribution in [-0.4, -0.2) is 17.9 Å². The number of carbonyl (C=O) groups is 3. The van der Waals surface area contributed by atoms with Gasteiger partial charge in [-0.25, -0.2) is 0 Å². The molecule has 0 aliphatic heterocycles. The third-order valence-electron chi connectivity index (χ3n) is 7.40. The van der Waals surface area contributed by atoms with Gasteiger partial charge in [0.15, 0.2) is 0 Å². The molecule has 0 aromatic rings. The van der Waals surface area contributed by atoms with Crippen LogP contribution in [0.1, 0.15) is 58.3 Å². The maximum Gasteiger partial charge on any atom is 0.222 e. The van der Waals surface area contributed by atoms with E-state index in [4.69, 9.17) is 0 Å². The molecule has 3 fully saturated rings. The molecule has 4 aliphatic carbocycles. The molecule has 0 saturated heterocycles. The van der Waals surface area contributed by atoms with Gasteiger partial charge in [-0.2, -0.15) is 0 Å². The molecule has 0 bridgehead atoms. The molecule has 22 heavy (non-hydrogen) atoms. The minimum absolute atomic E-state index is 0.183. The van der Waals surface area contributed by atoms with E-state index in [-0.39, 0.29) is 22.9 Å². The van der Waals surface area contributed by atoms with Crippen LogP contribution in [0.3, 0.4) is 0 Å². The number of fused-ring (bicyclic) bond motifs is 5. The van der Waals surface area contributed by atoms with E-state index < -0.39 is 5.41 Å². The highest BCUT2D eigenvalue weighted by molar-refractivity contribution is 6.46. The quantitative estimate of drug-likeness (QED) is 0.551. The van der Waals surface area contributed by atoms with Crippen LogP contribution in [0.4, 0.5) is 0 Å². The fourth-order valence-corrected chi connectivity index (χ4v) is 6.22. The average molecular weight is 300 g/mol. The van der Waals surface area contributed by atoms with Crippen LogP contribution < -0.4 is 0 Å². The Hall–Kier alpha value is -1.25. The van der Waals surface area contributed by atoms with Crippen molar-refractivity contribution in [3.05, 3.63) is 11.6 Å². The molecule has 0 aromatic heterocycles. The summed E-state index contributed by atoms with van der Waals surface area (Å²) in [5.41, 5.74) is 0.311. The molecule has 0 aromatic carbocycles. The second-order valence-electron chi connectivity index (χ2n) is 8.13. The number of hydrogen-bond acceptors (Lipinski definition) is 3.